The van der Waals surface area contributed by atoms with Gasteiger partial charge in [-0.1, -0.05) is 12.1 Å². The van der Waals surface area contributed by atoms with Crippen molar-refractivity contribution in [1.29, 1.82) is 0 Å². The van der Waals surface area contributed by atoms with Crippen molar-refractivity contribution in [1.82, 2.24) is 9.80 Å². The maximum Gasteiger partial charge on any atom is 0.506 e. The van der Waals surface area contributed by atoms with Gasteiger partial charge in [0.1, 0.15) is 6.10 Å². The minimum absolute atomic E-state index is 0.156. The number of hydrogen-bond donors (Lipinski definition) is 1. The van der Waals surface area contributed by atoms with Crippen molar-refractivity contribution in [3.05, 3.63) is 29.8 Å². The summed E-state index contributed by atoms with van der Waals surface area (Å²) < 4.78 is 33.6. The molecule has 154 valence electrons. The van der Waals surface area contributed by atoms with Gasteiger partial charge in [-0.05, 0) is 24.1 Å². The van der Waals surface area contributed by atoms with Crippen LogP contribution in [0, 0.1) is 0 Å². The number of carboxylic acid groups (broad SMARTS) is 1. The molecule has 2 amide bonds. The van der Waals surface area contributed by atoms with E-state index in [4.69, 9.17) is 14.6 Å². The lowest BCUT2D eigenvalue weighted by Gasteiger charge is -2.40. The Hall–Kier alpha value is -2.33. The zero-order valence-corrected chi connectivity index (χ0v) is 16.4. The van der Waals surface area contributed by atoms with Crippen LogP contribution in [0.5, 0.6) is 0 Å². The minimum Gasteiger partial charge on any atom is -0.450 e. The van der Waals surface area contributed by atoms with E-state index in [2.05, 4.69) is 0 Å². The molecule has 2 saturated heterocycles. The van der Waals surface area contributed by atoms with Crippen LogP contribution in [0.4, 0.5) is 9.59 Å². The maximum atomic E-state index is 12.9. The Balaban J connectivity index is 1.79. The molecule has 28 heavy (non-hydrogen) atoms. The van der Waals surface area contributed by atoms with Crippen molar-refractivity contribution in [3.8, 4) is 0 Å². The van der Waals surface area contributed by atoms with Gasteiger partial charge in [-0.25, -0.2) is 18.0 Å². The predicted molar refractivity (Wildman–Crippen MR) is 99.2 cm³/mol. The van der Waals surface area contributed by atoms with Crippen LogP contribution in [-0.4, -0.2) is 87.3 Å². The van der Waals surface area contributed by atoms with Gasteiger partial charge in [0, 0.05) is 31.8 Å². The molecule has 2 unspecified atom stereocenters. The quantitative estimate of drug-likeness (QED) is 0.747. The van der Waals surface area contributed by atoms with E-state index in [0.29, 0.717) is 39.3 Å². The van der Waals surface area contributed by atoms with Crippen LogP contribution in [0.1, 0.15) is 17.9 Å². The van der Waals surface area contributed by atoms with E-state index in [1.54, 1.807) is 21.9 Å². The number of amides is 2. The monoisotopic (exact) mass is 412 g/mol. The fourth-order valence-corrected chi connectivity index (χ4v) is 4.25. The van der Waals surface area contributed by atoms with Crippen LogP contribution in [0.15, 0.2) is 29.2 Å². The highest BCUT2D eigenvalue weighted by Gasteiger charge is 2.35. The smallest absolute Gasteiger partial charge is 0.450 e. The number of rotatable bonds is 3. The second-order valence-electron chi connectivity index (χ2n) is 7.07. The van der Waals surface area contributed by atoms with Crippen molar-refractivity contribution in [3.63, 3.8) is 0 Å². The van der Waals surface area contributed by atoms with Crippen LogP contribution in [0.2, 0.25) is 0 Å². The highest BCUT2D eigenvalue weighted by Crippen LogP contribution is 2.30. The Morgan fingerprint density at radius 1 is 1.11 bits per heavy atom. The molecule has 0 saturated carbocycles. The molecule has 1 N–H and O–H groups in total. The van der Waals surface area contributed by atoms with Crippen LogP contribution in [0.3, 0.4) is 0 Å². The minimum atomic E-state index is -3.30. The molecule has 0 bridgehead atoms. The van der Waals surface area contributed by atoms with Gasteiger partial charge in [-0.2, -0.15) is 0 Å². The molecule has 0 aromatic heterocycles. The highest BCUT2D eigenvalue weighted by atomic mass is 32.2. The van der Waals surface area contributed by atoms with Gasteiger partial charge in [-0.3, -0.25) is 0 Å². The number of sulfone groups is 1. The average Bonchev–Trinajstić information content (AvgIpc) is 2.67. The third-order valence-corrected chi connectivity index (χ3v) is 6.14. The summed E-state index contributed by atoms with van der Waals surface area (Å²) in [6.45, 7) is 2.55. The van der Waals surface area contributed by atoms with E-state index in [9.17, 15) is 18.0 Å². The molecule has 0 spiro atoms. The van der Waals surface area contributed by atoms with E-state index in [0.717, 1.165) is 11.8 Å². The summed E-state index contributed by atoms with van der Waals surface area (Å²) in [5, 5.41) is 9.00. The lowest BCUT2D eigenvalue weighted by Crippen LogP contribution is -2.54. The zero-order chi connectivity index (χ0) is 20.3. The number of carbonyl (C=O) groups is 2. The molecule has 9 nitrogen and oxygen atoms in total. The Morgan fingerprint density at radius 2 is 1.75 bits per heavy atom. The van der Waals surface area contributed by atoms with E-state index in [1.165, 1.54) is 12.1 Å². The number of urea groups is 1. The molecule has 2 aliphatic rings. The molecule has 10 heteroatoms. The first-order chi connectivity index (χ1) is 13.2. The highest BCUT2D eigenvalue weighted by molar-refractivity contribution is 7.90. The molecule has 0 aliphatic carbocycles. The molecular weight excluding hydrogens is 388 g/mol. The van der Waals surface area contributed by atoms with Crippen molar-refractivity contribution >= 4 is 22.0 Å². The van der Waals surface area contributed by atoms with Gasteiger partial charge >= 0.3 is 12.2 Å². The Bertz CT molecular complexity index is 819. The summed E-state index contributed by atoms with van der Waals surface area (Å²) in [7, 11) is -3.30. The summed E-state index contributed by atoms with van der Waals surface area (Å²) in [5.74, 6) is -0.156. The van der Waals surface area contributed by atoms with Crippen LogP contribution < -0.4 is 0 Å². The van der Waals surface area contributed by atoms with Gasteiger partial charge in [0.15, 0.2) is 9.84 Å². The fraction of sp³-hybridized carbons (Fsp3) is 0.556. The second-order valence-corrected chi connectivity index (χ2v) is 9.08. The number of hydrogen-bond acceptors (Lipinski definition) is 6. The molecule has 2 atom stereocenters. The first-order valence-electron chi connectivity index (χ1n) is 9.05. The molecule has 2 aliphatic heterocycles. The van der Waals surface area contributed by atoms with E-state index < -0.39 is 22.1 Å². The van der Waals surface area contributed by atoms with E-state index in [-0.39, 0.29) is 23.4 Å². The number of nitrogens with zero attached hydrogens (tertiary/aromatic N) is 2. The second kappa shape index (κ2) is 8.36. The standard InChI is InChI=1S/C18H24N2O7S/c1-28(24,25)16-4-2-13(3-5-16)14-10-15(27-18(22)23)12-20(11-14)17(21)19-6-8-26-9-7-19/h2-5,14-15H,6-12H2,1H3,(H,22,23). The van der Waals surface area contributed by atoms with Crippen LogP contribution >= 0.6 is 0 Å². The molecule has 2 fully saturated rings. The molecule has 1 aromatic carbocycles. The number of ether oxygens (including phenoxy) is 2. The van der Waals surface area contributed by atoms with Gasteiger partial charge in [0.25, 0.3) is 0 Å². The lowest BCUT2D eigenvalue weighted by molar-refractivity contribution is 0.00358. The van der Waals surface area contributed by atoms with Crippen molar-refractivity contribution in [2.45, 2.75) is 23.3 Å². The van der Waals surface area contributed by atoms with Crippen molar-refractivity contribution in [2.24, 2.45) is 0 Å². The average molecular weight is 412 g/mol. The fourth-order valence-electron chi connectivity index (χ4n) is 3.62. The van der Waals surface area contributed by atoms with Crippen LogP contribution in [-0.2, 0) is 19.3 Å². The van der Waals surface area contributed by atoms with Gasteiger partial charge < -0.3 is 24.4 Å². The van der Waals surface area contributed by atoms with Gasteiger partial charge in [-0.15, -0.1) is 0 Å². The zero-order valence-electron chi connectivity index (χ0n) is 15.6. The molecule has 3 rings (SSSR count). The van der Waals surface area contributed by atoms with Gasteiger partial charge in [0.05, 0.1) is 24.7 Å². The molecule has 0 radical (unpaired) electrons. The Labute approximate surface area is 163 Å². The summed E-state index contributed by atoms with van der Waals surface area (Å²) in [5.41, 5.74) is 0.839. The number of likely N-dealkylation sites (tertiary alicyclic amines) is 1. The SMILES string of the molecule is CS(=O)(=O)c1ccc(C2CC(OC(=O)O)CN(C(=O)N3CCOCC3)C2)cc1. The topological polar surface area (TPSA) is 113 Å². The Morgan fingerprint density at radius 3 is 2.32 bits per heavy atom. The van der Waals surface area contributed by atoms with Crippen molar-refractivity contribution in [2.75, 3.05) is 45.6 Å². The summed E-state index contributed by atoms with van der Waals surface area (Å²) in [6.07, 6.45) is -0.452. The largest absolute Gasteiger partial charge is 0.506 e. The predicted octanol–water partition coefficient (Wildman–Crippen LogP) is 1.39. The molecule has 2 heterocycles. The summed E-state index contributed by atoms with van der Waals surface area (Å²) >= 11 is 0. The third kappa shape index (κ3) is 4.93. The number of morpholine rings is 1. The maximum absolute atomic E-state index is 12.9. The van der Waals surface area contributed by atoms with E-state index >= 15 is 0 Å². The summed E-state index contributed by atoms with van der Waals surface area (Å²) in [6, 6.07) is 6.31. The van der Waals surface area contributed by atoms with Crippen LogP contribution in [0.25, 0.3) is 0 Å². The summed E-state index contributed by atoms with van der Waals surface area (Å²) in [4.78, 5) is 27.4. The lowest BCUT2D eigenvalue weighted by atomic mass is 9.89. The normalized spacial score (nSPS) is 23.3. The number of carbonyl (C=O) groups excluding carboxylic acids is 1. The Kier molecular flexibility index (Phi) is 6.09. The number of benzene rings is 1. The first kappa shape index (κ1) is 20.4. The molecular formula is C18H24N2O7S. The number of piperidine rings is 1. The molecule has 1 aromatic rings. The third-order valence-electron chi connectivity index (χ3n) is 5.01. The van der Waals surface area contributed by atoms with E-state index in [1.807, 2.05) is 0 Å². The van der Waals surface area contributed by atoms with Crippen molar-refractivity contribution < 1.29 is 32.6 Å². The van der Waals surface area contributed by atoms with Gasteiger partial charge in [0.2, 0.25) is 0 Å². The first-order valence-corrected chi connectivity index (χ1v) is 10.9.